The third-order valence-corrected chi connectivity index (χ3v) is 2.70. The third-order valence-electron chi connectivity index (χ3n) is 2.70. The molecule has 3 nitrogen and oxygen atoms in total. The highest BCUT2D eigenvalue weighted by Crippen LogP contribution is 2.18. The van der Waals surface area contributed by atoms with Gasteiger partial charge < -0.3 is 10.2 Å². The van der Waals surface area contributed by atoms with Crippen molar-refractivity contribution in [3.63, 3.8) is 0 Å². The monoisotopic (exact) mass is 271 g/mol. The summed E-state index contributed by atoms with van der Waals surface area (Å²) in [6, 6.07) is 1.99. The molecule has 0 aromatic carbocycles. The predicted molar refractivity (Wildman–Crippen MR) is 74.8 cm³/mol. The molecule has 1 rings (SSSR count). The van der Waals surface area contributed by atoms with Crippen molar-refractivity contribution in [3.05, 3.63) is 23.4 Å². The van der Waals surface area contributed by atoms with E-state index in [1.54, 1.807) is 13.2 Å². The van der Waals surface area contributed by atoms with E-state index in [2.05, 4.69) is 31.1 Å². The van der Waals surface area contributed by atoms with Crippen molar-refractivity contribution >= 4 is 5.82 Å². The molecule has 108 valence electrons. The fourth-order valence-electron chi connectivity index (χ4n) is 1.78. The van der Waals surface area contributed by atoms with Gasteiger partial charge in [0.2, 0.25) is 0 Å². The maximum atomic E-state index is 12.4. The Morgan fingerprint density at radius 2 is 2.00 bits per heavy atom. The molecule has 1 aromatic rings. The number of rotatable bonds is 5. The molecule has 0 radical (unpaired) electrons. The van der Waals surface area contributed by atoms with Gasteiger partial charge in [-0.2, -0.15) is 0 Å². The van der Waals surface area contributed by atoms with Crippen molar-refractivity contribution in [2.75, 3.05) is 18.5 Å². The van der Waals surface area contributed by atoms with Crippen LogP contribution in [-0.4, -0.2) is 30.5 Å². The molecule has 5 heteroatoms. The molecule has 0 fully saturated rings. The summed E-state index contributed by atoms with van der Waals surface area (Å²) in [6.07, 6.45) is -0.614. The van der Waals surface area contributed by atoms with Crippen molar-refractivity contribution in [2.45, 2.75) is 46.2 Å². The first-order chi connectivity index (χ1) is 8.69. The maximum Gasteiger partial charge on any atom is 0.255 e. The van der Waals surface area contributed by atoms with Crippen LogP contribution in [0.15, 0.2) is 12.3 Å². The molecule has 1 aromatic heterocycles. The quantitative estimate of drug-likeness (QED) is 0.892. The van der Waals surface area contributed by atoms with Crippen LogP contribution in [-0.2, 0) is 6.54 Å². The van der Waals surface area contributed by atoms with Crippen LogP contribution in [0, 0.1) is 6.92 Å². The van der Waals surface area contributed by atoms with Crippen molar-refractivity contribution in [2.24, 2.45) is 0 Å². The minimum Gasteiger partial charge on any atom is -0.354 e. The average Bonchev–Trinajstić information content (AvgIpc) is 2.24. The van der Waals surface area contributed by atoms with Crippen molar-refractivity contribution < 1.29 is 8.78 Å². The van der Waals surface area contributed by atoms with Gasteiger partial charge in [0.1, 0.15) is 5.82 Å². The largest absolute Gasteiger partial charge is 0.354 e. The Balaban J connectivity index is 2.74. The first-order valence-electron chi connectivity index (χ1n) is 6.39. The molecular formula is C14H23F2N3. The second-order valence-corrected chi connectivity index (χ2v) is 5.86. The van der Waals surface area contributed by atoms with Crippen molar-refractivity contribution in [3.8, 4) is 0 Å². The standard InChI is InChI=1S/C14H23F2N3/c1-10-6-11(8-18-14(2,3)4)7-17-13(10)19(5)9-12(15)16/h6-7,12,18H,8-9H2,1-5H3. The Bertz CT molecular complexity index is 414. The summed E-state index contributed by atoms with van der Waals surface area (Å²) in [5.41, 5.74) is 2.01. The van der Waals surface area contributed by atoms with Gasteiger partial charge in [-0.25, -0.2) is 13.8 Å². The SMILES string of the molecule is Cc1cc(CNC(C)(C)C)cnc1N(C)CC(F)F. The van der Waals surface area contributed by atoms with Gasteiger partial charge in [-0.15, -0.1) is 0 Å². The molecule has 1 heterocycles. The van der Waals surface area contributed by atoms with Gasteiger partial charge in [-0.3, -0.25) is 0 Å². The lowest BCUT2D eigenvalue weighted by atomic mass is 10.1. The van der Waals surface area contributed by atoms with E-state index < -0.39 is 6.43 Å². The Hall–Kier alpha value is -1.23. The molecular weight excluding hydrogens is 248 g/mol. The maximum absolute atomic E-state index is 12.4. The van der Waals surface area contributed by atoms with E-state index in [9.17, 15) is 8.78 Å². The van der Waals surface area contributed by atoms with Gasteiger partial charge in [0, 0.05) is 25.3 Å². The minimum atomic E-state index is -2.35. The normalized spacial score (nSPS) is 12.0. The Kier molecular flexibility index (Phi) is 5.23. The minimum absolute atomic E-state index is 0.0407. The van der Waals surface area contributed by atoms with E-state index in [1.807, 2.05) is 13.0 Å². The zero-order valence-electron chi connectivity index (χ0n) is 12.3. The van der Waals surface area contributed by atoms with Gasteiger partial charge in [-0.1, -0.05) is 0 Å². The van der Waals surface area contributed by atoms with E-state index in [1.165, 1.54) is 4.90 Å². The summed E-state index contributed by atoms with van der Waals surface area (Å²) in [7, 11) is 1.63. The molecule has 0 spiro atoms. The Morgan fingerprint density at radius 3 is 2.47 bits per heavy atom. The second-order valence-electron chi connectivity index (χ2n) is 5.86. The molecule has 0 aliphatic rings. The van der Waals surface area contributed by atoms with Crippen LogP contribution in [0.2, 0.25) is 0 Å². The average molecular weight is 271 g/mol. The van der Waals surface area contributed by atoms with Gasteiger partial charge in [-0.05, 0) is 44.9 Å². The van der Waals surface area contributed by atoms with Crippen LogP contribution in [0.4, 0.5) is 14.6 Å². The van der Waals surface area contributed by atoms with Crippen LogP contribution in [0.25, 0.3) is 0 Å². The number of pyridine rings is 1. The lowest BCUT2D eigenvalue weighted by molar-refractivity contribution is 0.156. The molecule has 0 amide bonds. The fourth-order valence-corrected chi connectivity index (χ4v) is 1.78. The summed E-state index contributed by atoms with van der Waals surface area (Å²) in [5.74, 6) is 0.611. The molecule has 0 aliphatic heterocycles. The molecule has 19 heavy (non-hydrogen) atoms. The lowest BCUT2D eigenvalue weighted by Gasteiger charge is -2.22. The zero-order valence-corrected chi connectivity index (χ0v) is 12.3. The van der Waals surface area contributed by atoms with E-state index in [4.69, 9.17) is 0 Å². The van der Waals surface area contributed by atoms with Crippen LogP contribution >= 0.6 is 0 Å². The number of anilines is 1. The van der Waals surface area contributed by atoms with E-state index in [0.717, 1.165) is 17.7 Å². The molecule has 0 atom stereocenters. The zero-order chi connectivity index (χ0) is 14.6. The van der Waals surface area contributed by atoms with Crippen LogP contribution < -0.4 is 10.2 Å². The fraction of sp³-hybridized carbons (Fsp3) is 0.643. The summed E-state index contributed by atoms with van der Waals surface area (Å²) in [6.45, 7) is 8.60. The van der Waals surface area contributed by atoms with E-state index >= 15 is 0 Å². The van der Waals surface area contributed by atoms with Crippen molar-refractivity contribution in [1.29, 1.82) is 0 Å². The van der Waals surface area contributed by atoms with Crippen molar-refractivity contribution in [1.82, 2.24) is 10.3 Å². The first kappa shape index (κ1) is 15.8. The Morgan fingerprint density at radius 1 is 1.37 bits per heavy atom. The van der Waals surface area contributed by atoms with Crippen LogP contribution in [0.3, 0.4) is 0 Å². The summed E-state index contributed by atoms with van der Waals surface area (Å²) >= 11 is 0. The number of aryl methyl sites for hydroxylation is 1. The highest BCUT2D eigenvalue weighted by atomic mass is 19.3. The van der Waals surface area contributed by atoms with E-state index in [-0.39, 0.29) is 12.1 Å². The first-order valence-corrected chi connectivity index (χ1v) is 6.39. The topological polar surface area (TPSA) is 28.2 Å². The number of alkyl halides is 2. The molecule has 0 saturated heterocycles. The molecule has 0 unspecified atom stereocenters. The number of nitrogens with zero attached hydrogens (tertiary/aromatic N) is 2. The van der Waals surface area contributed by atoms with Crippen LogP contribution in [0.1, 0.15) is 31.9 Å². The predicted octanol–water partition coefficient (Wildman–Crippen LogP) is 2.98. The molecule has 1 N–H and O–H groups in total. The summed E-state index contributed by atoms with van der Waals surface area (Å²) in [5, 5.41) is 3.37. The van der Waals surface area contributed by atoms with E-state index in [0.29, 0.717) is 5.82 Å². The highest BCUT2D eigenvalue weighted by molar-refractivity contribution is 5.46. The number of aromatic nitrogens is 1. The number of nitrogens with one attached hydrogen (secondary N) is 1. The second kappa shape index (κ2) is 6.28. The van der Waals surface area contributed by atoms with Gasteiger partial charge in [0.05, 0.1) is 6.54 Å². The van der Waals surface area contributed by atoms with Gasteiger partial charge in [0.25, 0.3) is 6.43 Å². The summed E-state index contributed by atoms with van der Waals surface area (Å²) in [4.78, 5) is 5.77. The van der Waals surface area contributed by atoms with Crippen LogP contribution in [0.5, 0.6) is 0 Å². The smallest absolute Gasteiger partial charge is 0.255 e. The third kappa shape index (κ3) is 5.51. The highest BCUT2D eigenvalue weighted by Gasteiger charge is 2.13. The molecule has 0 bridgehead atoms. The van der Waals surface area contributed by atoms with Gasteiger partial charge in [0.15, 0.2) is 0 Å². The molecule has 0 saturated carbocycles. The number of hydrogen-bond acceptors (Lipinski definition) is 3. The van der Waals surface area contributed by atoms with Gasteiger partial charge >= 0.3 is 0 Å². The molecule has 0 aliphatic carbocycles. The lowest BCUT2D eigenvalue weighted by Crippen LogP contribution is -2.35. The number of halogens is 2. The number of hydrogen-bond donors (Lipinski definition) is 1. The Labute approximate surface area is 114 Å². The summed E-state index contributed by atoms with van der Waals surface area (Å²) < 4.78 is 24.7.